The first-order chi connectivity index (χ1) is 9.28. The van der Waals surface area contributed by atoms with Crippen molar-refractivity contribution in [3.63, 3.8) is 0 Å². The highest BCUT2D eigenvalue weighted by atomic mass is 16.6. The zero-order valence-corrected chi connectivity index (χ0v) is 12.0. The maximum Gasteiger partial charge on any atom is 0.411 e. The van der Waals surface area contributed by atoms with Crippen LogP contribution in [-0.2, 0) is 19.0 Å². The third kappa shape index (κ3) is 4.38. The van der Waals surface area contributed by atoms with E-state index in [0.717, 1.165) is 0 Å². The Labute approximate surface area is 115 Å². The van der Waals surface area contributed by atoms with Gasteiger partial charge in [-0.3, -0.25) is 4.90 Å². The minimum absolute atomic E-state index is 0.0111. The molecule has 0 saturated carbocycles. The predicted molar refractivity (Wildman–Crippen MR) is 68.7 cm³/mol. The van der Waals surface area contributed by atoms with E-state index in [4.69, 9.17) is 15.6 Å². The molecule has 1 heterocycles. The molecule has 1 rings (SSSR count). The quantitative estimate of drug-likeness (QED) is 0.728. The summed E-state index contributed by atoms with van der Waals surface area (Å²) in [4.78, 5) is 25.3. The number of carbonyl (C=O) groups excluding carboxylic acids is 2. The molecule has 0 aromatic rings. The standard InChI is InChI=1S/C13H23NO5/c1-13(2,3)19-12(16)14-7-9(8-17-4)6-10(14)11(15)18-5/h9-10H,6-8H2,1-5H3/t9-,10-/m0/s1/i4D. The first-order valence-corrected chi connectivity index (χ1v) is 6.23. The molecule has 0 bridgehead atoms. The Hall–Kier alpha value is -1.30. The maximum atomic E-state index is 12.1. The third-order valence-electron chi connectivity index (χ3n) is 2.84. The van der Waals surface area contributed by atoms with Crippen molar-refractivity contribution >= 4 is 12.1 Å². The molecule has 1 aliphatic heterocycles. The van der Waals surface area contributed by atoms with Gasteiger partial charge in [0.05, 0.1) is 15.1 Å². The largest absolute Gasteiger partial charge is 0.467 e. The van der Waals surface area contributed by atoms with Crippen LogP contribution in [0.5, 0.6) is 0 Å². The summed E-state index contributed by atoms with van der Waals surface area (Å²) >= 11 is 0. The summed E-state index contributed by atoms with van der Waals surface area (Å²) < 4.78 is 22.0. The maximum absolute atomic E-state index is 12.1. The van der Waals surface area contributed by atoms with Crippen LogP contribution in [0.15, 0.2) is 0 Å². The van der Waals surface area contributed by atoms with E-state index in [-0.39, 0.29) is 13.0 Å². The molecule has 1 aliphatic rings. The first kappa shape index (κ1) is 14.1. The van der Waals surface area contributed by atoms with Gasteiger partial charge < -0.3 is 14.2 Å². The van der Waals surface area contributed by atoms with Crippen molar-refractivity contribution in [2.24, 2.45) is 5.92 Å². The zero-order chi connectivity index (χ0) is 15.3. The lowest BCUT2D eigenvalue weighted by Crippen LogP contribution is -2.43. The molecule has 0 unspecified atom stereocenters. The van der Waals surface area contributed by atoms with E-state index >= 15 is 0 Å². The summed E-state index contributed by atoms with van der Waals surface area (Å²) in [6.07, 6.45) is -0.0624. The summed E-state index contributed by atoms with van der Waals surface area (Å²) in [5, 5.41) is 0. The number of likely N-dealkylation sites (tertiary alicyclic amines) is 1. The highest BCUT2D eigenvalue weighted by Crippen LogP contribution is 2.26. The summed E-state index contributed by atoms with van der Waals surface area (Å²) in [5.41, 5.74) is -0.618. The normalized spacial score (nSPS) is 24.0. The highest BCUT2D eigenvalue weighted by Gasteiger charge is 2.42. The average Bonchev–Trinajstić information content (AvgIpc) is 2.77. The van der Waals surface area contributed by atoms with Gasteiger partial charge in [-0.25, -0.2) is 9.59 Å². The Kier molecular flexibility index (Phi) is 4.63. The second-order valence-corrected chi connectivity index (χ2v) is 5.64. The Bertz CT molecular complexity index is 355. The van der Waals surface area contributed by atoms with Crippen LogP contribution in [0.1, 0.15) is 28.6 Å². The number of hydrogen-bond donors (Lipinski definition) is 0. The van der Waals surface area contributed by atoms with E-state index in [1.807, 2.05) is 0 Å². The van der Waals surface area contributed by atoms with Gasteiger partial charge in [0.25, 0.3) is 0 Å². The molecule has 0 N–H and O–H groups in total. The van der Waals surface area contributed by atoms with Gasteiger partial charge in [0, 0.05) is 19.5 Å². The van der Waals surface area contributed by atoms with Crippen molar-refractivity contribution in [2.45, 2.75) is 38.8 Å². The molecule has 6 nitrogen and oxygen atoms in total. The fourth-order valence-corrected chi connectivity index (χ4v) is 2.09. The van der Waals surface area contributed by atoms with Gasteiger partial charge in [0.15, 0.2) is 0 Å². The van der Waals surface area contributed by atoms with Gasteiger partial charge in [-0.05, 0) is 27.2 Å². The van der Waals surface area contributed by atoms with E-state index in [1.54, 1.807) is 20.8 Å². The van der Waals surface area contributed by atoms with Crippen LogP contribution < -0.4 is 0 Å². The number of carbonyl (C=O) groups is 2. The van der Waals surface area contributed by atoms with Gasteiger partial charge in [-0.2, -0.15) is 0 Å². The minimum Gasteiger partial charge on any atom is -0.467 e. The van der Waals surface area contributed by atoms with Crippen molar-refractivity contribution in [3.05, 3.63) is 0 Å². The van der Waals surface area contributed by atoms with Gasteiger partial charge >= 0.3 is 12.1 Å². The van der Waals surface area contributed by atoms with Crippen molar-refractivity contribution in [3.8, 4) is 0 Å². The molecular weight excluding hydrogens is 250 g/mol. The molecule has 0 radical (unpaired) electrons. The van der Waals surface area contributed by atoms with Crippen molar-refractivity contribution in [1.82, 2.24) is 4.90 Å². The summed E-state index contributed by atoms with van der Waals surface area (Å²) in [5.74, 6) is -0.443. The van der Waals surface area contributed by atoms with Crippen molar-refractivity contribution in [2.75, 3.05) is 27.3 Å². The highest BCUT2D eigenvalue weighted by molar-refractivity contribution is 5.82. The predicted octanol–water partition coefficient (Wildman–Crippen LogP) is 1.43. The van der Waals surface area contributed by atoms with Crippen LogP contribution in [0, 0.1) is 5.92 Å². The number of rotatable bonds is 3. The topological polar surface area (TPSA) is 65.1 Å². The number of nitrogens with zero attached hydrogens (tertiary/aromatic N) is 1. The molecule has 110 valence electrons. The van der Waals surface area contributed by atoms with Crippen molar-refractivity contribution in [1.29, 1.82) is 0 Å². The van der Waals surface area contributed by atoms with Crippen LogP contribution in [0.2, 0.25) is 0 Å². The van der Waals surface area contributed by atoms with Gasteiger partial charge in [0.2, 0.25) is 0 Å². The van der Waals surface area contributed by atoms with E-state index in [9.17, 15) is 9.59 Å². The number of hydrogen-bond acceptors (Lipinski definition) is 5. The lowest BCUT2D eigenvalue weighted by molar-refractivity contribution is -0.145. The molecule has 1 fully saturated rings. The second kappa shape index (κ2) is 6.23. The Morgan fingerprint density at radius 3 is 2.63 bits per heavy atom. The van der Waals surface area contributed by atoms with Crippen LogP contribution in [-0.4, -0.2) is 56.0 Å². The number of esters is 1. The molecule has 0 spiro atoms. The lowest BCUT2D eigenvalue weighted by atomic mass is 10.1. The molecule has 0 aromatic carbocycles. The van der Waals surface area contributed by atoms with Crippen LogP contribution in [0.4, 0.5) is 4.79 Å². The molecule has 0 aliphatic carbocycles. The summed E-state index contributed by atoms with van der Waals surface area (Å²) in [6, 6.07) is -0.644. The molecule has 1 saturated heterocycles. The molecule has 1 amide bonds. The first-order valence-electron chi connectivity index (χ1n) is 6.93. The monoisotopic (exact) mass is 274 g/mol. The molecule has 19 heavy (non-hydrogen) atoms. The van der Waals surface area contributed by atoms with Gasteiger partial charge in [-0.15, -0.1) is 0 Å². The lowest BCUT2D eigenvalue weighted by Gasteiger charge is -2.27. The van der Waals surface area contributed by atoms with Crippen LogP contribution in [0.3, 0.4) is 0 Å². The minimum atomic E-state index is -0.644. The molecule has 2 atom stereocenters. The zero-order valence-electron chi connectivity index (χ0n) is 13.0. The van der Waals surface area contributed by atoms with Crippen molar-refractivity contribution < 1.29 is 25.2 Å². The Balaban J connectivity index is 2.73. The Morgan fingerprint density at radius 2 is 2.11 bits per heavy atom. The fraction of sp³-hybridized carbons (Fsp3) is 0.846. The summed E-state index contributed by atoms with van der Waals surface area (Å²) in [6.45, 7) is 6.03. The number of ether oxygens (including phenoxy) is 3. The number of amides is 1. The number of methoxy groups -OCH3 is 2. The van der Waals surface area contributed by atoms with Crippen LogP contribution in [0.25, 0.3) is 0 Å². The third-order valence-corrected chi connectivity index (χ3v) is 2.84. The van der Waals surface area contributed by atoms with Crippen LogP contribution >= 0.6 is 0 Å². The molecule has 6 heteroatoms. The van der Waals surface area contributed by atoms with E-state index in [0.29, 0.717) is 19.6 Å². The summed E-state index contributed by atoms with van der Waals surface area (Å²) in [7, 11) is 1.16. The van der Waals surface area contributed by atoms with E-state index < -0.39 is 23.7 Å². The SMILES string of the molecule is [2H]COC[C@H]1C[C@@H](C(=O)OC)N(C(=O)OC(C)(C)C)C1. The smallest absolute Gasteiger partial charge is 0.411 e. The second-order valence-electron chi connectivity index (χ2n) is 5.64. The van der Waals surface area contributed by atoms with E-state index in [1.165, 1.54) is 12.0 Å². The van der Waals surface area contributed by atoms with Gasteiger partial charge in [-0.1, -0.05) is 0 Å². The molecular formula is C13H23NO5. The van der Waals surface area contributed by atoms with E-state index in [2.05, 4.69) is 0 Å². The average molecular weight is 274 g/mol. The van der Waals surface area contributed by atoms with Gasteiger partial charge in [0.1, 0.15) is 11.6 Å². The Morgan fingerprint density at radius 1 is 1.42 bits per heavy atom. The molecule has 0 aromatic heterocycles. The fourth-order valence-electron chi connectivity index (χ4n) is 2.09.